The predicted octanol–water partition coefficient (Wildman–Crippen LogP) is 2.34. The highest BCUT2D eigenvalue weighted by atomic mass is 16.6. The second-order valence-electron chi connectivity index (χ2n) is 5.45. The molecular weight excluding hydrogens is 242 g/mol. The Balaban J connectivity index is 2.71. The summed E-state index contributed by atoms with van der Waals surface area (Å²) in [5.74, 6) is 0.0155. The highest BCUT2D eigenvalue weighted by Gasteiger charge is 2.19. The van der Waals surface area contributed by atoms with Crippen molar-refractivity contribution in [3.8, 4) is 0 Å². The molecule has 1 rings (SSSR count). The van der Waals surface area contributed by atoms with Crippen molar-refractivity contribution in [1.82, 2.24) is 4.90 Å². The molecule has 0 aromatic heterocycles. The summed E-state index contributed by atoms with van der Waals surface area (Å²) < 4.78 is 5.27. The lowest BCUT2D eigenvalue weighted by molar-refractivity contribution is 0.0285. The number of hydrogen-bond acceptors (Lipinski definition) is 3. The molecule has 0 bridgehead atoms. The molecule has 0 saturated carbocycles. The minimum atomic E-state index is -0.507. The van der Waals surface area contributed by atoms with Gasteiger partial charge in [-0.2, -0.15) is 0 Å². The van der Waals surface area contributed by atoms with Crippen molar-refractivity contribution in [2.75, 3.05) is 7.05 Å². The summed E-state index contributed by atoms with van der Waals surface area (Å²) in [5, 5.41) is 7.39. The lowest BCUT2D eigenvalue weighted by atomic mass is 10.1. The van der Waals surface area contributed by atoms with Gasteiger partial charge in [-0.3, -0.25) is 5.41 Å². The Labute approximate surface area is 113 Å². The van der Waals surface area contributed by atoms with Crippen LogP contribution in [-0.4, -0.2) is 29.5 Å². The van der Waals surface area contributed by atoms with Crippen LogP contribution in [0.1, 0.15) is 31.9 Å². The molecule has 19 heavy (non-hydrogen) atoms. The first kappa shape index (κ1) is 15.0. The second kappa shape index (κ2) is 5.73. The van der Waals surface area contributed by atoms with E-state index in [1.807, 2.05) is 32.9 Å². The van der Waals surface area contributed by atoms with Crippen molar-refractivity contribution in [2.45, 2.75) is 32.9 Å². The van der Waals surface area contributed by atoms with E-state index in [1.54, 1.807) is 19.2 Å². The van der Waals surface area contributed by atoms with Crippen LogP contribution in [0.3, 0.4) is 0 Å². The van der Waals surface area contributed by atoms with E-state index >= 15 is 0 Å². The van der Waals surface area contributed by atoms with E-state index in [4.69, 9.17) is 15.9 Å². The van der Waals surface area contributed by atoms with Crippen LogP contribution >= 0.6 is 0 Å². The number of nitrogens with two attached hydrogens (primary N) is 1. The molecule has 0 radical (unpaired) electrons. The third kappa shape index (κ3) is 4.99. The smallest absolute Gasteiger partial charge is 0.410 e. The van der Waals surface area contributed by atoms with Gasteiger partial charge in [-0.25, -0.2) is 4.79 Å². The molecule has 0 heterocycles. The lowest BCUT2D eigenvalue weighted by Crippen LogP contribution is -2.33. The molecule has 0 saturated heterocycles. The van der Waals surface area contributed by atoms with Gasteiger partial charge in [0.2, 0.25) is 0 Å². The molecule has 0 fully saturated rings. The van der Waals surface area contributed by atoms with Gasteiger partial charge in [-0.15, -0.1) is 0 Å². The van der Waals surface area contributed by atoms with E-state index in [9.17, 15) is 4.79 Å². The SMILES string of the molecule is CN(Cc1cccc(C(=N)N)c1)C(=O)OC(C)(C)C. The van der Waals surface area contributed by atoms with Crippen LogP contribution < -0.4 is 5.73 Å². The molecule has 1 amide bonds. The molecule has 5 heteroatoms. The van der Waals surface area contributed by atoms with E-state index in [0.29, 0.717) is 12.1 Å². The molecule has 0 spiro atoms. The number of nitrogens with zero attached hydrogens (tertiary/aromatic N) is 1. The topological polar surface area (TPSA) is 79.4 Å². The fraction of sp³-hybridized carbons (Fsp3) is 0.429. The van der Waals surface area contributed by atoms with Gasteiger partial charge < -0.3 is 15.4 Å². The van der Waals surface area contributed by atoms with Crippen LogP contribution in [0.2, 0.25) is 0 Å². The van der Waals surface area contributed by atoms with Crippen molar-refractivity contribution in [3.05, 3.63) is 35.4 Å². The van der Waals surface area contributed by atoms with Crippen molar-refractivity contribution >= 4 is 11.9 Å². The zero-order valence-electron chi connectivity index (χ0n) is 11.9. The van der Waals surface area contributed by atoms with Crippen LogP contribution in [0.25, 0.3) is 0 Å². The summed E-state index contributed by atoms with van der Waals surface area (Å²) in [7, 11) is 1.68. The second-order valence-corrected chi connectivity index (χ2v) is 5.45. The summed E-state index contributed by atoms with van der Waals surface area (Å²) in [6.45, 7) is 5.90. The molecule has 0 atom stereocenters. The van der Waals surface area contributed by atoms with Gasteiger partial charge in [0.1, 0.15) is 11.4 Å². The van der Waals surface area contributed by atoms with Gasteiger partial charge >= 0.3 is 6.09 Å². The molecule has 0 aliphatic rings. The predicted molar refractivity (Wildman–Crippen MR) is 75.2 cm³/mol. The largest absolute Gasteiger partial charge is 0.444 e. The van der Waals surface area contributed by atoms with Crippen LogP contribution in [-0.2, 0) is 11.3 Å². The lowest BCUT2D eigenvalue weighted by Gasteiger charge is -2.24. The van der Waals surface area contributed by atoms with Crippen LogP contribution in [0.15, 0.2) is 24.3 Å². The zero-order chi connectivity index (χ0) is 14.6. The number of hydrogen-bond donors (Lipinski definition) is 2. The molecule has 0 unspecified atom stereocenters. The number of benzene rings is 1. The Kier molecular flexibility index (Phi) is 4.53. The standard InChI is InChI=1S/C14H21N3O2/c1-14(2,3)19-13(18)17(4)9-10-6-5-7-11(8-10)12(15)16/h5-8H,9H2,1-4H3,(H3,15,16). The Morgan fingerprint density at radius 1 is 1.42 bits per heavy atom. The summed E-state index contributed by atoms with van der Waals surface area (Å²) in [5.41, 5.74) is 6.48. The van der Waals surface area contributed by atoms with Crippen molar-refractivity contribution in [2.24, 2.45) is 5.73 Å². The number of carbonyl (C=O) groups is 1. The van der Waals surface area contributed by atoms with E-state index in [-0.39, 0.29) is 11.9 Å². The number of rotatable bonds is 3. The normalized spacial score (nSPS) is 10.9. The molecule has 5 nitrogen and oxygen atoms in total. The Morgan fingerprint density at radius 2 is 2.05 bits per heavy atom. The van der Waals surface area contributed by atoms with Gasteiger partial charge in [-0.1, -0.05) is 18.2 Å². The first-order valence-electron chi connectivity index (χ1n) is 6.06. The van der Waals surface area contributed by atoms with Gasteiger partial charge in [0, 0.05) is 19.2 Å². The summed E-state index contributed by atoms with van der Waals surface area (Å²) in [6, 6.07) is 7.25. The van der Waals surface area contributed by atoms with Crippen LogP contribution in [0, 0.1) is 5.41 Å². The van der Waals surface area contributed by atoms with E-state index in [2.05, 4.69) is 0 Å². The number of nitrogen functional groups attached to an aromatic ring is 1. The minimum Gasteiger partial charge on any atom is -0.444 e. The average molecular weight is 263 g/mol. The minimum absolute atomic E-state index is 0.0155. The maximum atomic E-state index is 11.8. The van der Waals surface area contributed by atoms with Gasteiger partial charge in [0.25, 0.3) is 0 Å². The summed E-state index contributed by atoms with van der Waals surface area (Å²) in [4.78, 5) is 13.3. The first-order valence-corrected chi connectivity index (χ1v) is 6.06. The van der Waals surface area contributed by atoms with E-state index in [1.165, 1.54) is 4.90 Å². The average Bonchev–Trinajstić information content (AvgIpc) is 2.27. The monoisotopic (exact) mass is 263 g/mol. The van der Waals surface area contributed by atoms with Crippen LogP contribution in [0.5, 0.6) is 0 Å². The summed E-state index contributed by atoms with van der Waals surface area (Å²) >= 11 is 0. The van der Waals surface area contributed by atoms with Crippen molar-refractivity contribution in [3.63, 3.8) is 0 Å². The van der Waals surface area contributed by atoms with Crippen molar-refractivity contribution in [1.29, 1.82) is 5.41 Å². The molecule has 3 N–H and O–H groups in total. The van der Waals surface area contributed by atoms with E-state index in [0.717, 1.165) is 5.56 Å². The highest BCUT2D eigenvalue weighted by Crippen LogP contribution is 2.12. The number of amides is 1. The molecule has 104 valence electrons. The fourth-order valence-corrected chi connectivity index (χ4v) is 1.52. The third-order valence-corrected chi connectivity index (χ3v) is 2.36. The number of nitrogens with one attached hydrogen (secondary N) is 1. The Morgan fingerprint density at radius 3 is 2.58 bits per heavy atom. The zero-order valence-corrected chi connectivity index (χ0v) is 11.9. The molecule has 0 aliphatic carbocycles. The first-order chi connectivity index (χ1) is 8.69. The Hall–Kier alpha value is -2.04. The van der Waals surface area contributed by atoms with Gasteiger partial charge in [-0.05, 0) is 32.4 Å². The van der Waals surface area contributed by atoms with Crippen molar-refractivity contribution < 1.29 is 9.53 Å². The maximum absolute atomic E-state index is 11.8. The van der Waals surface area contributed by atoms with E-state index < -0.39 is 5.60 Å². The Bertz CT molecular complexity index is 478. The third-order valence-electron chi connectivity index (χ3n) is 2.36. The van der Waals surface area contributed by atoms with Gasteiger partial charge in [0.05, 0.1) is 0 Å². The molecule has 0 aliphatic heterocycles. The van der Waals surface area contributed by atoms with Crippen LogP contribution in [0.4, 0.5) is 4.79 Å². The molecule has 1 aromatic rings. The molecular formula is C14H21N3O2. The molecule has 1 aromatic carbocycles. The fourth-order valence-electron chi connectivity index (χ4n) is 1.52. The van der Waals surface area contributed by atoms with Gasteiger partial charge in [0.15, 0.2) is 0 Å². The number of carbonyl (C=O) groups excluding carboxylic acids is 1. The highest BCUT2D eigenvalue weighted by molar-refractivity contribution is 5.95. The quantitative estimate of drug-likeness (QED) is 0.649. The summed E-state index contributed by atoms with van der Waals surface area (Å²) in [6.07, 6.45) is -0.374. The number of ether oxygens (including phenoxy) is 1. The number of amidine groups is 1. The maximum Gasteiger partial charge on any atom is 0.410 e.